The van der Waals surface area contributed by atoms with Gasteiger partial charge in [-0.2, -0.15) is 0 Å². The van der Waals surface area contributed by atoms with Crippen LogP contribution in [-0.2, 0) is 4.79 Å². The van der Waals surface area contributed by atoms with E-state index >= 15 is 0 Å². The van der Waals surface area contributed by atoms with Crippen molar-refractivity contribution in [3.8, 4) is 0 Å². The summed E-state index contributed by atoms with van der Waals surface area (Å²) in [7, 11) is 0. The Morgan fingerprint density at radius 2 is 1.58 bits per heavy atom. The minimum absolute atomic E-state index is 0.243. The lowest BCUT2D eigenvalue weighted by Gasteiger charge is -2.20. The van der Waals surface area contributed by atoms with Gasteiger partial charge in [0.1, 0.15) is 0 Å². The smallest absolute Gasteiger partial charge is 0.303 e. The first-order valence-electron chi connectivity index (χ1n) is 9.04. The fourth-order valence-corrected chi connectivity index (χ4v) is 2.15. The third-order valence-electron chi connectivity index (χ3n) is 3.65. The van der Waals surface area contributed by atoms with Gasteiger partial charge in [-0.15, -0.1) is 0 Å². The van der Waals surface area contributed by atoms with Gasteiger partial charge >= 0.3 is 5.97 Å². The molecule has 0 radical (unpaired) electrons. The number of hydrogen-bond acceptors (Lipinski definition) is 2. The zero-order chi connectivity index (χ0) is 18.1. The number of carboxylic acids is 1. The highest BCUT2D eigenvalue weighted by Gasteiger charge is 2.16. The van der Waals surface area contributed by atoms with Gasteiger partial charge in [0.15, 0.2) is 0 Å². The van der Waals surface area contributed by atoms with Crippen LogP contribution in [0.3, 0.4) is 0 Å². The van der Waals surface area contributed by atoms with Gasteiger partial charge in [-0.3, -0.25) is 4.79 Å². The fourth-order valence-electron chi connectivity index (χ4n) is 2.15. The second-order valence-corrected chi connectivity index (χ2v) is 6.36. The summed E-state index contributed by atoms with van der Waals surface area (Å²) in [5, 5.41) is 18.6. The molecule has 136 valence electrons. The molecule has 0 fully saturated rings. The Morgan fingerprint density at radius 3 is 2.25 bits per heavy atom. The molecule has 0 amide bonds. The van der Waals surface area contributed by atoms with Crippen LogP contribution in [0.1, 0.15) is 71.6 Å². The zero-order valence-corrected chi connectivity index (χ0v) is 15.3. The molecule has 0 aliphatic heterocycles. The van der Waals surface area contributed by atoms with E-state index in [1.807, 2.05) is 31.2 Å². The molecule has 0 aromatic carbocycles. The number of allylic oxidation sites excluding steroid dienone is 7. The van der Waals surface area contributed by atoms with Crippen molar-refractivity contribution in [3.63, 3.8) is 0 Å². The predicted molar refractivity (Wildman–Crippen MR) is 102 cm³/mol. The van der Waals surface area contributed by atoms with E-state index in [1.165, 1.54) is 0 Å². The van der Waals surface area contributed by atoms with Crippen molar-refractivity contribution in [3.05, 3.63) is 48.6 Å². The molecule has 0 aromatic heterocycles. The Morgan fingerprint density at radius 1 is 0.958 bits per heavy atom. The highest BCUT2D eigenvalue weighted by molar-refractivity contribution is 5.66. The second-order valence-electron chi connectivity index (χ2n) is 6.36. The van der Waals surface area contributed by atoms with Crippen LogP contribution < -0.4 is 0 Å². The van der Waals surface area contributed by atoms with E-state index in [1.54, 1.807) is 0 Å². The summed E-state index contributed by atoms with van der Waals surface area (Å²) in [5.74, 6) is -0.728. The van der Waals surface area contributed by atoms with Gasteiger partial charge in [-0.05, 0) is 45.4 Å². The molecular formula is C21H34O3. The first-order chi connectivity index (χ1) is 11.5. The zero-order valence-electron chi connectivity index (χ0n) is 15.3. The van der Waals surface area contributed by atoms with E-state index in [0.29, 0.717) is 12.8 Å². The van der Waals surface area contributed by atoms with Crippen LogP contribution in [0.25, 0.3) is 0 Å². The summed E-state index contributed by atoms with van der Waals surface area (Å²) in [5.41, 5.74) is -0.586. The quantitative estimate of drug-likeness (QED) is 0.248. The van der Waals surface area contributed by atoms with E-state index in [2.05, 4.69) is 31.2 Å². The normalized spacial score (nSPS) is 15.1. The molecule has 0 aliphatic rings. The number of rotatable bonds is 14. The van der Waals surface area contributed by atoms with E-state index in [4.69, 9.17) is 5.11 Å². The first kappa shape index (κ1) is 22.4. The van der Waals surface area contributed by atoms with Crippen LogP contribution in [-0.4, -0.2) is 21.8 Å². The summed E-state index contributed by atoms with van der Waals surface area (Å²) >= 11 is 0. The molecule has 2 N–H and O–H groups in total. The number of aliphatic carboxylic acids is 1. The molecule has 0 spiro atoms. The number of unbranched alkanes of at least 4 members (excludes halogenated alkanes) is 2. The highest BCUT2D eigenvalue weighted by atomic mass is 16.4. The van der Waals surface area contributed by atoms with Crippen molar-refractivity contribution >= 4 is 5.97 Å². The Hall–Kier alpha value is -1.61. The molecule has 0 rings (SSSR count). The number of carboxylic acid groups (broad SMARTS) is 1. The van der Waals surface area contributed by atoms with Crippen molar-refractivity contribution in [1.29, 1.82) is 0 Å². The monoisotopic (exact) mass is 334 g/mol. The first-order valence-corrected chi connectivity index (χ1v) is 9.04. The Bertz CT molecular complexity index is 428. The molecule has 3 nitrogen and oxygen atoms in total. The molecule has 0 aromatic rings. The van der Waals surface area contributed by atoms with Crippen molar-refractivity contribution < 1.29 is 15.0 Å². The van der Waals surface area contributed by atoms with Crippen LogP contribution in [0.15, 0.2) is 48.6 Å². The van der Waals surface area contributed by atoms with E-state index < -0.39 is 11.6 Å². The van der Waals surface area contributed by atoms with E-state index in [9.17, 15) is 9.90 Å². The maximum Gasteiger partial charge on any atom is 0.303 e. The lowest BCUT2D eigenvalue weighted by molar-refractivity contribution is -0.137. The lowest BCUT2D eigenvalue weighted by atomic mass is 9.95. The van der Waals surface area contributed by atoms with E-state index in [-0.39, 0.29) is 6.42 Å². The Labute approximate surface area is 147 Å². The molecular weight excluding hydrogens is 300 g/mol. The van der Waals surface area contributed by atoms with Crippen LogP contribution >= 0.6 is 0 Å². The standard InChI is InChI=1S/C21H34O3/c1-3-4-18-21(2,24)19-16-14-12-10-8-6-5-7-9-11-13-15-17-20(22)23/h5-6,9-12,14,16,24H,3-4,7-8,13,15,17-19H2,1-2H3,(H,22,23). The van der Waals surface area contributed by atoms with Crippen molar-refractivity contribution in [2.24, 2.45) is 0 Å². The van der Waals surface area contributed by atoms with Crippen molar-refractivity contribution in [1.82, 2.24) is 0 Å². The maximum absolute atomic E-state index is 10.3. The minimum Gasteiger partial charge on any atom is -0.481 e. The average molecular weight is 335 g/mol. The third kappa shape index (κ3) is 16.8. The topological polar surface area (TPSA) is 57.5 Å². The summed E-state index contributed by atoms with van der Waals surface area (Å²) < 4.78 is 0. The van der Waals surface area contributed by atoms with Gasteiger partial charge in [-0.1, -0.05) is 68.4 Å². The van der Waals surface area contributed by atoms with Crippen LogP contribution in [0.2, 0.25) is 0 Å². The van der Waals surface area contributed by atoms with Gasteiger partial charge in [0.2, 0.25) is 0 Å². The van der Waals surface area contributed by atoms with Crippen LogP contribution in [0.5, 0.6) is 0 Å². The fraction of sp³-hybridized carbons (Fsp3) is 0.571. The van der Waals surface area contributed by atoms with Gasteiger partial charge < -0.3 is 10.2 Å². The Kier molecular flexibility index (Phi) is 13.9. The van der Waals surface area contributed by atoms with Gasteiger partial charge in [-0.25, -0.2) is 0 Å². The largest absolute Gasteiger partial charge is 0.481 e. The molecule has 3 heteroatoms. The van der Waals surface area contributed by atoms with Crippen LogP contribution in [0, 0.1) is 0 Å². The maximum atomic E-state index is 10.3. The molecule has 1 unspecified atom stereocenters. The molecule has 24 heavy (non-hydrogen) atoms. The van der Waals surface area contributed by atoms with Crippen molar-refractivity contribution in [2.45, 2.75) is 77.2 Å². The lowest BCUT2D eigenvalue weighted by Crippen LogP contribution is -2.22. The summed E-state index contributed by atoms with van der Waals surface area (Å²) in [6.45, 7) is 4.03. The second kappa shape index (κ2) is 14.9. The predicted octanol–water partition coefficient (Wildman–Crippen LogP) is 5.58. The minimum atomic E-state index is -0.728. The van der Waals surface area contributed by atoms with Crippen molar-refractivity contribution in [2.75, 3.05) is 0 Å². The average Bonchev–Trinajstić information content (AvgIpc) is 2.53. The highest BCUT2D eigenvalue weighted by Crippen LogP contribution is 2.18. The summed E-state index contributed by atoms with van der Waals surface area (Å²) in [6.07, 6.45) is 23.7. The molecule has 0 bridgehead atoms. The van der Waals surface area contributed by atoms with Gasteiger partial charge in [0.25, 0.3) is 0 Å². The summed E-state index contributed by atoms with van der Waals surface area (Å²) in [6, 6.07) is 0. The molecule has 1 atom stereocenters. The number of hydrogen-bond donors (Lipinski definition) is 2. The van der Waals surface area contributed by atoms with E-state index in [0.717, 1.165) is 38.5 Å². The molecule has 0 saturated carbocycles. The third-order valence-corrected chi connectivity index (χ3v) is 3.65. The SMILES string of the molecule is CCCCC(C)(O)CC=CC=CCC=CCC=CCCCC(=O)O. The molecule has 0 saturated heterocycles. The number of aliphatic hydroxyl groups is 1. The molecule has 0 heterocycles. The Balaban J connectivity index is 3.68. The van der Waals surface area contributed by atoms with Gasteiger partial charge in [0.05, 0.1) is 5.60 Å². The van der Waals surface area contributed by atoms with Crippen LogP contribution in [0.4, 0.5) is 0 Å². The number of carbonyl (C=O) groups is 1. The molecule has 0 aliphatic carbocycles. The summed E-state index contributed by atoms with van der Waals surface area (Å²) in [4.78, 5) is 10.3. The van der Waals surface area contributed by atoms with Gasteiger partial charge in [0, 0.05) is 6.42 Å².